The van der Waals surface area contributed by atoms with Gasteiger partial charge in [-0.25, -0.2) is 0 Å². The van der Waals surface area contributed by atoms with Crippen molar-refractivity contribution < 1.29 is 9.90 Å². The molecule has 0 aliphatic carbocycles. The number of halogens is 1. The maximum absolute atomic E-state index is 11.9. The standard InChI is InChI=1S/C17H18BrNO2/c18-16-4-2-1-3-14(16)7-10-17(21)19-15-8-5-13(6-9-15)11-12-20/h1-6,8-9,20H,7,10-12H2,(H,19,21). The number of benzene rings is 2. The third kappa shape index (κ3) is 4.99. The molecule has 0 aliphatic rings. The van der Waals surface area contributed by atoms with E-state index < -0.39 is 0 Å². The number of rotatable bonds is 6. The molecule has 2 aromatic carbocycles. The summed E-state index contributed by atoms with van der Waals surface area (Å²) < 4.78 is 1.03. The highest BCUT2D eigenvalue weighted by Gasteiger charge is 2.05. The topological polar surface area (TPSA) is 49.3 Å². The number of aliphatic hydroxyl groups is 1. The van der Waals surface area contributed by atoms with Crippen LogP contribution in [0, 0.1) is 0 Å². The SMILES string of the molecule is O=C(CCc1ccccc1Br)Nc1ccc(CCO)cc1. The van der Waals surface area contributed by atoms with Gasteiger partial charge in [0, 0.05) is 23.2 Å². The number of hydrogen-bond donors (Lipinski definition) is 2. The van der Waals surface area contributed by atoms with E-state index in [0.717, 1.165) is 21.3 Å². The van der Waals surface area contributed by atoms with E-state index in [9.17, 15) is 4.79 Å². The fourth-order valence-corrected chi connectivity index (χ4v) is 2.54. The molecule has 21 heavy (non-hydrogen) atoms. The van der Waals surface area contributed by atoms with Crippen LogP contribution in [0.3, 0.4) is 0 Å². The molecule has 0 bridgehead atoms. The number of amides is 1. The van der Waals surface area contributed by atoms with Gasteiger partial charge >= 0.3 is 0 Å². The first-order valence-electron chi connectivity index (χ1n) is 6.92. The number of anilines is 1. The van der Waals surface area contributed by atoms with E-state index in [0.29, 0.717) is 19.3 Å². The highest BCUT2D eigenvalue weighted by molar-refractivity contribution is 9.10. The summed E-state index contributed by atoms with van der Waals surface area (Å²) in [6.07, 6.45) is 1.78. The normalized spacial score (nSPS) is 10.4. The first-order chi connectivity index (χ1) is 10.2. The molecule has 0 radical (unpaired) electrons. The molecule has 0 spiro atoms. The van der Waals surface area contributed by atoms with Crippen LogP contribution in [0.15, 0.2) is 53.0 Å². The van der Waals surface area contributed by atoms with Crippen molar-refractivity contribution in [2.45, 2.75) is 19.3 Å². The lowest BCUT2D eigenvalue weighted by Gasteiger charge is -2.07. The van der Waals surface area contributed by atoms with E-state index in [1.54, 1.807) is 0 Å². The Kier molecular flexibility index (Phi) is 5.96. The third-order valence-corrected chi connectivity index (χ3v) is 3.99. The van der Waals surface area contributed by atoms with Crippen LogP contribution < -0.4 is 5.32 Å². The van der Waals surface area contributed by atoms with Gasteiger partial charge in [0.2, 0.25) is 5.91 Å². The minimum absolute atomic E-state index is 0.000612. The molecule has 110 valence electrons. The summed E-state index contributed by atoms with van der Waals surface area (Å²) in [6.45, 7) is 0.137. The van der Waals surface area contributed by atoms with Crippen LogP contribution >= 0.6 is 15.9 Å². The van der Waals surface area contributed by atoms with Crippen LogP contribution in [0.1, 0.15) is 17.5 Å². The first-order valence-corrected chi connectivity index (χ1v) is 7.71. The Hall–Kier alpha value is -1.65. The highest BCUT2D eigenvalue weighted by Crippen LogP contribution is 2.18. The van der Waals surface area contributed by atoms with Gasteiger partial charge in [0.25, 0.3) is 0 Å². The number of carbonyl (C=O) groups excluding carboxylic acids is 1. The van der Waals surface area contributed by atoms with Crippen LogP contribution in [-0.2, 0) is 17.6 Å². The highest BCUT2D eigenvalue weighted by atomic mass is 79.9. The van der Waals surface area contributed by atoms with E-state index in [-0.39, 0.29) is 12.5 Å². The quantitative estimate of drug-likeness (QED) is 0.839. The Morgan fingerprint density at radius 2 is 1.76 bits per heavy atom. The second-order valence-corrected chi connectivity index (χ2v) is 5.66. The number of hydrogen-bond acceptors (Lipinski definition) is 2. The molecule has 0 aromatic heterocycles. The Labute approximate surface area is 133 Å². The molecule has 2 N–H and O–H groups in total. The molecule has 0 aliphatic heterocycles. The van der Waals surface area contributed by atoms with Crippen LogP contribution in [0.2, 0.25) is 0 Å². The lowest BCUT2D eigenvalue weighted by Crippen LogP contribution is -2.12. The molecule has 0 heterocycles. The number of carbonyl (C=O) groups is 1. The zero-order valence-electron chi connectivity index (χ0n) is 11.7. The average Bonchev–Trinajstić information content (AvgIpc) is 2.49. The molecule has 0 unspecified atom stereocenters. The zero-order valence-corrected chi connectivity index (χ0v) is 13.3. The van der Waals surface area contributed by atoms with Crippen molar-refractivity contribution in [2.75, 3.05) is 11.9 Å². The molecule has 0 fully saturated rings. The lowest BCUT2D eigenvalue weighted by molar-refractivity contribution is -0.116. The molecule has 0 saturated carbocycles. The van der Waals surface area contributed by atoms with Gasteiger partial charge in [-0.2, -0.15) is 0 Å². The molecule has 0 saturated heterocycles. The molecule has 2 rings (SSSR count). The summed E-state index contributed by atoms with van der Waals surface area (Å²) in [7, 11) is 0. The van der Waals surface area contributed by atoms with Crippen molar-refractivity contribution in [2.24, 2.45) is 0 Å². The van der Waals surface area contributed by atoms with Gasteiger partial charge in [-0.15, -0.1) is 0 Å². The fraction of sp³-hybridized carbons (Fsp3) is 0.235. The minimum atomic E-state index is 0.000612. The molecular weight excluding hydrogens is 330 g/mol. The number of aryl methyl sites for hydroxylation is 1. The monoisotopic (exact) mass is 347 g/mol. The third-order valence-electron chi connectivity index (χ3n) is 3.22. The van der Waals surface area contributed by atoms with Crippen LogP contribution in [0.25, 0.3) is 0 Å². The second-order valence-electron chi connectivity index (χ2n) is 4.81. The van der Waals surface area contributed by atoms with Gasteiger partial charge in [-0.05, 0) is 42.2 Å². The Morgan fingerprint density at radius 1 is 1.05 bits per heavy atom. The maximum Gasteiger partial charge on any atom is 0.224 e. The maximum atomic E-state index is 11.9. The van der Waals surface area contributed by atoms with Crippen molar-refractivity contribution in [1.29, 1.82) is 0 Å². The Balaban J connectivity index is 1.85. The Morgan fingerprint density at radius 3 is 2.43 bits per heavy atom. The summed E-state index contributed by atoms with van der Waals surface area (Å²) in [5.41, 5.74) is 2.98. The van der Waals surface area contributed by atoms with Crippen molar-refractivity contribution >= 4 is 27.5 Å². The minimum Gasteiger partial charge on any atom is -0.396 e. The fourth-order valence-electron chi connectivity index (χ4n) is 2.06. The van der Waals surface area contributed by atoms with Gasteiger partial charge in [0.05, 0.1) is 0 Å². The first kappa shape index (κ1) is 15.7. The lowest BCUT2D eigenvalue weighted by atomic mass is 10.1. The largest absolute Gasteiger partial charge is 0.396 e. The molecular formula is C17H18BrNO2. The molecule has 3 nitrogen and oxygen atoms in total. The van der Waals surface area contributed by atoms with E-state index in [1.165, 1.54) is 0 Å². The molecule has 2 aromatic rings. The van der Waals surface area contributed by atoms with Gasteiger partial charge in [-0.1, -0.05) is 46.3 Å². The predicted octanol–water partition coefficient (Wildman–Crippen LogP) is 3.56. The number of nitrogens with one attached hydrogen (secondary N) is 1. The summed E-state index contributed by atoms with van der Waals surface area (Å²) in [6, 6.07) is 15.5. The van der Waals surface area contributed by atoms with Gasteiger partial charge in [0.15, 0.2) is 0 Å². The van der Waals surface area contributed by atoms with E-state index in [4.69, 9.17) is 5.11 Å². The molecule has 1 amide bonds. The zero-order chi connectivity index (χ0) is 15.1. The van der Waals surface area contributed by atoms with Gasteiger partial charge in [0.1, 0.15) is 0 Å². The van der Waals surface area contributed by atoms with E-state index in [2.05, 4.69) is 21.2 Å². The predicted molar refractivity (Wildman–Crippen MR) is 88.3 cm³/mol. The summed E-state index contributed by atoms with van der Waals surface area (Å²) in [4.78, 5) is 11.9. The van der Waals surface area contributed by atoms with E-state index in [1.807, 2.05) is 48.5 Å². The average molecular weight is 348 g/mol. The van der Waals surface area contributed by atoms with Gasteiger partial charge in [-0.3, -0.25) is 4.79 Å². The molecule has 0 atom stereocenters. The number of aliphatic hydroxyl groups excluding tert-OH is 1. The van der Waals surface area contributed by atoms with Crippen LogP contribution in [0.4, 0.5) is 5.69 Å². The summed E-state index contributed by atoms with van der Waals surface area (Å²) in [5, 5.41) is 11.7. The second kappa shape index (κ2) is 7.96. The Bertz CT molecular complexity index is 596. The van der Waals surface area contributed by atoms with Crippen LogP contribution in [-0.4, -0.2) is 17.6 Å². The van der Waals surface area contributed by atoms with Gasteiger partial charge < -0.3 is 10.4 Å². The summed E-state index contributed by atoms with van der Waals surface area (Å²) in [5.74, 6) is 0.000612. The summed E-state index contributed by atoms with van der Waals surface area (Å²) >= 11 is 3.48. The van der Waals surface area contributed by atoms with Crippen molar-refractivity contribution in [3.63, 3.8) is 0 Å². The van der Waals surface area contributed by atoms with Crippen molar-refractivity contribution in [1.82, 2.24) is 0 Å². The van der Waals surface area contributed by atoms with Crippen molar-refractivity contribution in [3.05, 3.63) is 64.1 Å². The smallest absolute Gasteiger partial charge is 0.224 e. The van der Waals surface area contributed by atoms with Crippen LogP contribution in [0.5, 0.6) is 0 Å². The molecule has 4 heteroatoms. The van der Waals surface area contributed by atoms with Crippen molar-refractivity contribution in [3.8, 4) is 0 Å². The van der Waals surface area contributed by atoms with E-state index >= 15 is 0 Å².